The van der Waals surface area contributed by atoms with Gasteiger partial charge in [0.25, 0.3) is 0 Å². The summed E-state index contributed by atoms with van der Waals surface area (Å²) in [6.07, 6.45) is 6.73. The number of benzene rings is 4. The molecule has 1 atom stereocenters. The average Bonchev–Trinajstić information content (AvgIpc) is 3.85. The van der Waals surface area contributed by atoms with Crippen molar-refractivity contribution in [2.75, 3.05) is 0 Å². The number of fused-ring (bicyclic) bond motifs is 2. The maximum atomic E-state index is 3.06. The summed E-state index contributed by atoms with van der Waals surface area (Å²) in [6.45, 7) is 14.3. The SMILES string of the molecule is CC(C)c1ccc(-c2cccc3[cH-]c(C4CCCC4)cc23)cc1.CCC(C)c1ccc(-c2cccc3[cH-]c(C)cc23)cc1.Cl.Cl.[CH3-].[CH3-].[Si]=[Zr]. The standard InChI is InChI=1S/C23H25.C20H21.2CH3.2ClH.Si.Zr/c1-16(2)17-10-12-19(13-11-17)22-9-5-8-20-14-21(15-23(20)22)18-6-3-4-7-18;1-4-15(3)16-8-10-17(11-9-16)19-7-5-6-18-12-14(2)13-20(18)19;;;;;;/h5,8-16,18H,3-4,6-7H2,1-2H3;5-13,15H,4H2,1-3H3;2*1H3;2*1H;;/q4*-1;;;;. The number of hydrogen-bond acceptors (Lipinski definition) is 0. The average molecular weight is 785 g/mol. The van der Waals surface area contributed by atoms with Gasteiger partial charge in [-0.2, -0.15) is 12.1 Å². The molecular weight excluding hydrogens is 731 g/mol. The molecule has 0 bridgehead atoms. The number of aryl methyl sites for hydroxylation is 1. The van der Waals surface area contributed by atoms with Crippen LogP contribution in [0.4, 0.5) is 0 Å². The van der Waals surface area contributed by atoms with Gasteiger partial charge >= 0.3 is 30.2 Å². The van der Waals surface area contributed by atoms with Crippen molar-refractivity contribution in [2.45, 2.75) is 84.5 Å². The molecule has 1 aliphatic rings. The molecule has 0 aromatic heterocycles. The van der Waals surface area contributed by atoms with Gasteiger partial charge in [-0.3, -0.25) is 0 Å². The van der Waals surface area contributed by atoms with E-state index in [4.69, 9.17) is 0 Å². The zero-order chi connectivity index (χ0) is 31.9. The van der Waals surface area contributed by atoms with Gasteiger partial charge in [0.15, 0.2) is 0 Å². The molecule has 7 rings (SSSR count). The summed E-state index contributed by atoms with van der Waals surface area (Å²) in [5, 5.41) is 5.52. The first-order valence-corrected chi connectivity index (χ1v) is 20.9. The molecule has 0 spiro atoms. The summed E-state index contributed by atoms with van der Waals surface area (Å²) in [6, 6.07) is 40.9. The monoisotopic (exact) mass is 782 g/mol. The van der Waals surface area contributed by atoms with Gasteiger partial charge in [0.05, 0.1) is 0 Å². The van der Waals surface area contributed by atoms with Crippen molar-refractivity contribution in [3.8, 4) is 22.3 Å². The summed E-state index contributed by atoms with van der Waals surface area (Å²) in [5.74, 6) is 2.02. The van der Waals surface area contributed by atoms with Gasteiger partial charge in [-0.1, -0.05) is 119 Å². The predicted molar refractivity (Wildman–Crippen MR) is 222 cm³/mol. The van der Waals surface area contributed by atoms with E-state index in [1.807, 2.05) is 0 Å². The van der Waals surface area contributed by atoms with E-state index in [2.05, 4.69) is 151 Å². The van der Waals surface area contributed by atoms with Crippen LogP contribution < -0.4 is 0 Å². The molecule has 1 unspecified atom stereocenters. The minimum absolute atomic E-state index is 0. The molecule has 0 saturated heterocycles. The van der Waals surface area contributed by atoms with Crippen LogP contribution in [0.15, 0.2) is 109 Å². The second-order valence-electron chi connectivity index (χ2n) is 13.1. The Kier molecular flexibility index (Phi) is 19.4. The Morgan fingerprint density at radius 2 is 1.14 bits per heavy atom. The molecule has 49 heavy (non-hydrogen) atoms. The van der Waals surface area contributed by atoms with Crippen molar-refractivity contribution in [2.24, 2.45) is 0 Å². The van der Waals surface area contributed by atoms with Crippen LogP contribution in [0.1, 0.15) is 99.8 Å². The Bertz CT molecular complexity index is 1820. The Morgan fingerprint density at radius 3 is 1.63 bits per heavy atom. The van der Waals surface area contributed by atoms with Gasteiger partial charge in [0.2, 0.25) is 0 Å². The fraction of sp³-hybridized carbons (Fsp3) is 0.289. The van der Waals surface area contributed by atoms with Crippen LogP contribution in [0.2, 0.25) is 0 Å². The van der Waals surface area contributed by atoms with Gasteiger partial charge in [-0.25, -0.2) is 0 Å². The molecule has 6 aromatic rings. The number of halogens is 2. The first-order chi connectivity index (χ1) is 21.9. The van der Waals surface area contributed by atoms with E-state index >= 15 is 0 Å². The summed E-state index contributed by atoms with van der Waals surface area (Å²) < 4.78 is 0. The molecule has 260 valence electrons. The van der Waals surface area contributed by atoms with Crippen molar-refractivity contribution in [3.05, 3.63) is 146 Å². The number of rotatable bonds is 6. The summed E-state index contributed by atoms with van der Waals surface area (Å²) in [5.41, 5.74) is 11.1. The molecule has 0 nitrogen and oxygen atoms in total. The fourth-order valence-corrected chi connectivity index (χ4v) is 6.92. The van der Waals surface area contributed by atoms with Crippen molar-refractivity contribution in [1.29, 1.82) is 0 Å². The Morgan fingerprint density at radius 1 is 0.673 bits per heavy atom. The molecule has 4 heteroatoms. The zero-order valence-corrected chi connectivity index (χ0v) is 35.6. The maximum absolute atomic E-state index is 3.06. The third-order valence-corrected chi connectivity index (χ3v) is 9.79. The summed E-state index contributed by atoms with van der Waals surface area (Å²) in [4.78, 5) is 0. The number of hydrogen-bond donors (Lipinski definition) is 0. The van der Waals surface area contributed by atoms with E-state index in [0.717, 1.165) is 5.92 Å². The molecule has 1 fully saturated rings. The second kappa shape index (κ2) is 21.2. The van der Waals surface area contributed by atoms with Crippen LogP contribution in [0.25, 0.3) is 43.8 Å². The zero-order valence-electron chi connectivity index (χ0n) is 30.5. The minimum atomic E-state index is 0. The summed E-state index contributed by atoms with van der Waals surface area (Å²) in [7, 11) is 0. The van der Waals surface area contributed by atoms with Gasteiger partial charge in [0.1, 0.15) is 0 Å². The van der Waals surface area contributed by atoms with E-state index in [1.54, 1.807) is 5.56 Å². The molecular formula is C45H54Cl2SiZr-4. The first kappa shape index (κ1) is 44.8. The third-order valence-electron chi connectivity index (χ3n) is 9.79. The summed E-state index contributed by atoms with van der Waals surface area (Å²) >= 11 is 1.36. The van der Waals surface area contributed by atoms with Crippen LogP contribution in [0.3, 0.4) is 0 Å². The topological polar surface area (TPSA) is 0 Å². The van der Waals surface area contributed by atoms with E-state index in [0.29, 0.717) is 11.8 Å². The van der Waals surface area contributed by atoms with Gasteiger partial charge < -0.3 is 14.9 Å². The van der Waals surface area contributed by atoms with Crippen LogP contribution >= 0.6 is 24.8 Å². The van der Waals surface area contributed by atoms with Gasteiger partial charge in [-0.05, 0) is 59.3 Å². The van der Waals surface area contributed by atoms with Gasteiger partial charge in [-0.15, -0.1) is 93.9 Å². The van der Waals surface area contributed by atoms with Crippen LogP contribution in [0, 0.1) is 21.8 Å². The molecule has 1 saturated carbocycles. The molecule has 0 amide bonds. The molecule has 2 radical (unpaired) electrons. The quantitative estimate of drug-likeness (QED) is 0.117. The second-order valence-corrected chi connectivity index (χ2v) is 13.1. The Balaban J connectivity index is 0.000000436. The van der Waals surface area contributed by atoms with Crippen LogP contribution in [-0.2, 0) is 23.3 Å². The predicted octanol–water partition coefficient (Wildman–Crippen LogP) is 14.4. The van der Waals surface area contributed by atoms with E-state index in [9.17, 15) is 0 Å². The molecule has 6 aromatic carbocycles. The Labute approximate surface area is 327 Å². The van der Waals surface area contributed by atoms with Gasteiger partial charge in [0, 0.05) is 0 Å². The van der Waals surface area contributed by atoms with Crippen molar-refractivity contribution in [1.82, 2.24) is 0 Å². The van der Waals surface area contributed by atoms with E-state index in [1.165, 1.54) is 116 Å². The molecule has 0 aliphatic heterocycles. The van der Waals surface area contributed by atoms with Crippen LogP contribution in [0.5, 0.6) is 0 Å². The Hall–Kier alpha value is -2.22. The first-order valence-electron chi connectivity index (χ1n) is 16.7. The van der Waals surface area contributed by atoms with E-state index in [-0.39, 0.29) is 39.7 Å². The van der Waals surface area contributed by atoms with Crippen LogP contribution in [-0.4, -0.2) is 6.88 Å². The van der Waals surface area contributed by atoms with E-state index < -0.39 is 0 Å². The molecule has 0 N–H and O–H groups in total. The fourth-order valence-electron chi connectivity index (χ4n) is 6.92. The van der Waals surface area contributed by atoms with Crippen molar-refractivity contribution < 1.29 is 23.3 Å². The molecule has 0 heterocycles. The van der Waals surface area contributed by atoms with Crippen molar-refractivity contribution >= 4 is 53.2 Å². The third kappa shape index (κ3) is 10.6. The molecule has 1 aliphatic carbocycles. The van der Waals surface area contributed by atoms with Crippen molar-refractivity contribution in [3.63, 3.8) is 0 Å². The normalized spacial score (nSPS) is 12.7.